The van der Waals surface area contributed by atoms with Crippen LogP contribution in [0, 0.1) is 6.92 Å². The molecule has 4 heterocycles. The Hall–Kier alpha value is -5.46. The first-order chi connectivity index (χ1) is 23.2. The Balaban J connectivity index is 1.07. The number of carbonyl (C=O) groups excluding carboxylic acids is 4. The van der Waals surface area contributed by atoms with Crippen molar-refractivity contribution in [1.82, 2.24) is 9.80 Å². The molecule has 0 aliphatic carbocycles. The molecule has 48 heavy (non-hydrogen) atoms. The van der Waals surface area contributed by atoms with Crippen LogP contribution in [0.4, 0.5) is 11.4 Å². The van der Waals surface area contributed by atoms with E-state index in [2.05, 4.69) is 9.98 Å². The summed E-state index contributed by atoms with van der Waals surface area (Å²) in [6.45, 7) is 2.52. The second kappa shape index (κ2) is 13.7. The molecule has 2 atom stereocenters. The molecular weight excluding hydrogens is 620 g/mol. The van der Waals surface area contributed by atoms with E-state index >= 15 is 0 Å². The number of esters is 2. The zero-order valence-electron chi connectivity index (χ0n) is 27.2. The van der Waals surface area contributed by atoms with Crippen LogP contribution in [0.25, 0.3) is 0 Å². The van der Waals surface area contributed by atoms with E-state index < -0.39 is 0 Å². The second-order valence-corrected chi connectivity index (χ2v) is 11.8. The summed E-state index contributed by atoms with van der Waals surface area (Å²) in [5.41, 5.74) is 4.24. The van der Waals surface area contributed by atoms with Gasteiger partial charge in [-0.2, -0.15) is 0 Å². The SMILES string of the molecule is COC(=O)CC1=CN2C(=O)c3cc(C)c(OCCCOc4cc5c(cc4OC)C(=O)N4C=C(CC(=O)OC)C[C@@H]4C=N5)cc3N=C[C@@H]2C1. The van der Waals surface area contributed by atoms with Crippen molar-refractivity contribution >= 4 is 47.6 Å². The molecule has 0 saturated carbocycles. The number of rotatable bonds is 11. The van der Waals surface area contributed by atoms with Crippen LogP contribution in [0.1, 0.15) is 58.4 Å². The van der Waals surface area contributed by atoms with Gasteiger partial charge in [-0.3, -0.25) is 29.2 Å². The fourth-order valence-corrected chi connectivity index (χ4v) is 6.09. The number of methoxy groups -OCH3 is 3. The van der Waals surface area contributed by atoms with Crippen LogP contribution >= 0.6 is 0 Å². The third-order valence-electron chi connectivity index (χ3n) is 8.58. The first-order valence-corrected chi connectivity index (χ1v) is 15.6. The van der Waals surface area contributed by atoms with Gasteiger partial charge in [-0.1, -0.05) is 0 Å². The van der Waals surface area contributed by atoms with Gasteiger partial charge < -0.3 is 33.5 Å². The van der Waals surface area contributed by atoms with E-state index in [0.29, 0.717) is 72.2 Å². The molecule has 4 aliphatic rings. The molecule has 6 rings (SSSR count). The van der Waals surface area contributed by atoms with Crippen LogP contribution in [-0.2, 0) is 19.1 Å². The molecule has 0 fully saturated rings. The Bertz CT molecular complexity index is 1790. The highest BCUT2D eigenvalue weighted by Gasteiger charge is 2.35. The van der Waals surface area contributed by atoms with Crippen molar-refractivity contribution in [2.75, 3.05) is 34.5 Å². The molecule has 2 aromatic rings. The highest BCUT2D eigenvalue weighted by atomic mass is 16.5. The molecule has 13 heteroatoms. The lowest BCUT2D eigenvalue weighted by atomic mass is 10.1. The number of hydrogen-bond acceptors (Lipinski definition) is 11. The third kappa shape index (κ3) is 6.53. The Morgan fingerprint density at radius 1 is 0.729 bits per heavy atom. The minimum Gasteiger partial charge on any atom is -0.493 e. The summed E-state index contributed by atoms with van der Waals surface area (Å²) in [5.74, 6) is 0.326. The number of fused-ring (bicyclic) bond motifs is 4. The number of nitrogens with zero attached hydrogens (tertiary/aromatic N) is 4. The molecule has 13 nitrogen and oxygen atoms in total. The average Bonchev–Trinajstić information content (AvgIpc) is 3.63. The van der Waals surface area contributed by atoms with E-state index in [-0.39, 0.29) is 48.7 Å². The van der Waals surface area contributed by atoms with E-state index in [0.717, 1.165) is 16.7 Å². The van der Waals surface area contributed by atoms with Gasteiger partial charge in [0.1, 0.15) is 5.75 Å². The first kappa shape index (κ1) is 32.5. The summed E-state index contributed by atoms with van der Waals surface area (Å²) in [4.78, 5) is 62.6. The molecular formula is C35H36N4O9. The molecule has 0 saturated heterocycles. The van der Waals surface area contributed by atoms with Crippen molar-refractivity contribution < 1.29 is 42.9 Å². The summed E-state index contributed by atoms with van der Waals surface area (Å²) < 4.78 is 27.2. The number of carbonyl (C=O) groups is 4. The van der Waals surface area contributed by atoms with Gasteiger partial charge in [0.2, 0.25) is 0 Å². The van der Waals surface area contributed by atoms with Crippen LogP contribution in [0.2, 0.25) is 0 Å². The van der Waals surface area contributed by atoms with E-state index in [1.54, 1.807) is 58.9 Å². The van der Waals surface area contributed by atoms with Gasteiger partial charge in [0.25, 0.3) is 11.8 Å². The zero-order chi connectivity index (χ0) is 33.9. The fourth-order valence-electron chi connectivity index (χ4n) is 6.09. The highest BCUT2D eigenvalue weighted by molar-refractivity contribution is 6.05. The number of hydrogen-bond donors (Lipinski definition) is 0. The molecule has 0 bridgehead atoms. The van der Waals surface area contributed by atoms with Crippen molar-refractivity contribution in [2.45, 2.75) is 51.1 Å². The minimum atomic E-state index is -0.358. The lowest BCUT2D eigenvalue weighted by Crippen LogP contribution is -2.32. The lowest BCUT2D eigenvalue weighted by molar-refractivity contribution is -0.140. The van der Waals surface area contributed by atoms with Crippen LogP contribution in [-0.4, -0.2) is 92.6 Å². The molecule has 0 aromatic heterocycles. The Morgan fingerprint density at radius 2 is 1.23 bits per heavy atom. The van der Waals surface area contributed by atoms with Gasteiger partial charge in [0.15, 0.2) is 11.5 Å². The molecule has 4 aliphatic heterocycles. The van der Waals surface area contributed by atoms with E-state index in [9.17, 15) is 19.2 Å². The van der Waals surface area contributed by atoms with Crippen LogP contribution in [0.5, 0.6) is 17.2 Å². The van der Waals surface area contributed by atoms with Crippen molar-refractivity contribution in [2.24, 2.45) is 9.98 Å². The predicted molar refractivity (Wildman–Crippen MR) is 175 cm³/mol. The van der Waals surface area contributed by atoms with Gasteiger partial charge in [-0.15, -0.1) is 0 Å². The normalized spacial score (nSPS) is 18.9. The first-order valence-electron chi connectivity index (χ1n) is 15.6. The minimum absolute atomic E-state index is 0.121. The molecule has 2 amide bonds. The number of aliphatic imine (C=N–C) groups is 2. The van der Waals surface area contributed by atoms with Gasteiger partial charge in [-0.05, 0) is 48.6 Å². The fraction of sp³-hybridized carbons (Fsp3) is 0.371. The maximum absolute atomic E-state index is 13.4. The summed E-state index contributed by atoms with van der Waals surface area (Å²) in [6, 6.07) is 6.30. The molecule has 0 spiro atoms. The molecule has 250 valence electrons. The van der Waals surface area contributed by atoms with Crippen molar-refractivity contribution in [3.05, 3.63) is 64.5 Å². The number of ether oxygens (including phenoxy) is 5. The Kier molecular flexibility index (Phi) is 9.28. The summed E-state index contributed by atoms with van der Waals surface area (Å²) in [6.07, 6.45) is 8.67. The molecule has 0 unspecified atom stereocenters. The van der Waals surface area contributed by atoms with E-state index in [1.165, 1.54) is 21.3 Å². The number of benzene rings is 2. The second-order valence-electron chi connectivity index (χ2n) is 11.8. The van der Waals surface area contributed by atoms with Crippen molar-refractivity contribution in [3.8, 4) is 17.2 Å². The van der Waals surface area contributed by atoms with Crippen molar-refractivity contribution in [1.29, 1.82) is 0 Å². The largest absolute Gasteiger partial charge is 0.493 e. The van der Waals surface area contributed by atoms with Gasteiger partial charge in [0.05, 0.1) is 82.0 Å². The zero-order valence-corrected chi connectivity index (χ0v) is 27.2. The van der Waals surface area contributed by atoms with Crippen molar-refractivity contribution in [3.63, 3.8) is 0 Å². The van der Waals surface area contributed by atoms with Gasteiger partial charge in [-0.25, -0.2) is 0 Å². The Labute approximate surface area is 277 Å². The predicted octanol–water partition coefficient (Wildman–Crippen LogP) is 4.61. The van der Waals surface area contributed by atoms with Crippen LogP contribution < -0.4 is 14.2 Å². The Morgan fingerprint density at radius 3 is 1.75 bits per heavy atom. The topological polar surface area (TPSA) is 146 Å². The van der Waals surface area contributed by atoms with Gasteiger partial charge >= 0.3 is 11.9 Å². The third-order valence-corrected chi connectivity index (χ3v) is 8.58. The van der Waals surface area contributed by atoms with Crippen LogP contribution in [0.15, 0.2) is 57.8 Å². The highest BCUT2D eigenvalue weighted by Crippen LogP contribution is 2.39. The lowest BCUT2D eigenvalue weighted by Gasteiger charge is -2.19. The maximum atomic E-state index is 13.4. The monoisotopic (exact) mass is 656 g/mol. The van der Waals surface area contributed by atoms with E-state index in [4.69, 9.17) is 23.7 Å². The van der Waals surface area contributed by atoms with E-state index in [1.807, 2.05) is 6.92 Å². The quantitative estimate of drug-likeness (QED) is 0.250. The molecule has 2 aromatic carbocycles. The molecule has 0 N–H and O–H groups in total. The smallest absolute Gasteiger partial charge is 0.309 e. The number of amides is 2. The van der Waals surface area contributed by atoms with Gasteiger partial charge in [0, 0.05) is 43.4 Å². The summed E-state index contributed by atoms with van der Waals surface area (Å²) >= 11 is 0. The van der Waals surface area contributed by atoms with Crippen LogP contribution in [0.3, 0.4) is 0 Å². The average molecular weight is 657 g/mol. The standard InChI is InChI=1S/C35H36N4O9/c1-20-8-25-27(36-16-23-9-21(11-32(40)45-3)18-38(23)34(25)42)14-29(20)47-6-5-7-48-31-15-28-26(13-30(31)44-2)35(43)39-19-22(12-33(41)46-4)10-24(39)17-37-28/h8,13-19,23-24H,5-7,9-12H2,1-4H3/t23-,24+/m0/s1. The number of aryl methyl sites for hydroxylation is 1. The summed E-state index contributed by atoms with van der Waals surface area (Å²) in [7, 11) is 4.18. The maximum Gasteiger partial charge on any atom is 0.309 e. The molecule has 0 radical (unpaired) electrons. The summed E-state index contributed by atoms with van der Waals surface area (Å²) in [5, 5.41) is 0.